The number of hydrogen-bond donors (Lipinski definition) is 2. The van der Waals surface area contributed by atoms with Gasteiger partial charge in [0.15, 0.2) is 5.67 Å². The molecular formula is C15H24FN5O. The zero-order valence-electron chi connectivity index (χ0n) is 13.4. The van der Waals surface area contributed by atoms with Crippen molar-refractivity contribution in [3.8, 4) is 0 Å². The number of nitrogens with two attached hydrogens (primary N) is 1. The molecule has 1 saturated carbocycles. The minimum absolute atomic E-state index is 0.108. The highest BCUT2D eigenvalue weighted by atomic mass is 19.1. The Hall–Kier alpha value is -1.50. The second kappa shape index (κ2) is 4.75. The molecular weight excluding hydrogens is 285 g/mol. The summed E-state index contributed by atoms with van der Waals surface area (Å²) in [7, 11) is 0. The molecule has 1 unspecified atom stereocenters. The Kier molecular flexibility index (Phi) is 3.32. The zero-order chi connectivity index (χ0) is 16.2. The highest BCUT2D eigenvalue weighted by Gasteiger charge is 2.61. The summed E-state index contributed by atoms with van der Waals surface area (Å²) in [6.07, 6.45) is 2.60. The Balaban J connectivity index is 1.94. The molecule has 1 aromatic rings. The molecule has 1 aliphatic carbocycles. The summed E-state index contributed by atoms with van der Waals surface area (Å²) in [6, 6.07) is 0. The Morgan fingerprint density at radius 2 is 1.91 bits per heavy atom. The summed E-state index contributed by atoms with van der Waals surface area (Å²) in [4.78, 5) is 14.7. The van der Waals surface area contributed by atoms with Gasteiger partial charge in [-0.05, 0) is 12.8 Å². The van der Waals surface area contributed by atoms with E-state index in [1.165, 1.54) is 0 Å². The van der Waals surface area contributed by atoms with Crippen LogP contribution in [-0.4, -0.2) is 45.4 Å². The monoisotopic (exact) mass is 309 g/mol. The van der Waals surface area contributed by atoms with E-state index in [1.54, 1.807) is 0 Å². The van der Waals surface area contributed by atoms with Crippen LogP contribution in [0.15, 0.2) is 0 Å². The van der Waals surface area contributed by atoms with Gasteiger partial charge >= 0.3 is 0 Å². The average Bonchev–Trinajstić information content (AvgIpc) is 2.71. The number of aliphatic hydroxyl groups is 1. The molecule has 3 rings (SSSR count). The minimum atomic E-state index is -1.59. The summed E-state index contributed by atoms with van der Waals surface area (Å²) in [6.45, 7) is 6.16. The van der Waals surface area contributed by atoms with E-state index in [1.807, 2.05) is 25.7 Å². The van der Waals surface area contributed by atoms with Crippen LogP contribution in [0.4, 0.5) is 16.3 Å². The summed E-state index contributed by atoms with van der Waals surface area (Å²) in [5, 5.41) is 9.55. The smallest absolute Gasteiger partial charge is 0.230 e. The van der Waals surface area contributed by atoms with Crippen molar-refractivity contribution >= 4 is 11.9 Å². The molecule has 1 aliphatic heterocycles. The highest BCUT2D eigenvalue weighted by molar-refractivity contribution is 5.41. The van der Waals surface area contributed by atoms with Crippen molar-refractivity contribution in [3.63, 3.8) is 0 Å². The molecule has 2 aliphatic rings. The SMILES string of the molecule is CC(C)(C)c1nc(N)nc(N2CC(F)(CO)C3(CCC3)C2)n1. The molecule has 7 heteroatoms. The van der Waals surface area contributed by atoms with Gasteiger partial charge in [-0.15, -0.1) is 0 Å². The van der Waals surface area contributed by atoms with E-state index in [0.717, 1.165) is 19.3 Å². The quantitative estimate of drug-likeness (QED) is 0.859. The number of nitrogen functional groups attached to an aromatic ring is 1. The summed E-state index contributed by atoms with van der Waals surface area (Å²) >= 11 is 0. The van der Waals surface area contributed by atoms with E-state index < -0.39 is 17.7 Å². The van der Waals surface area contributed by atoms with Crippen LogP contribution in [0.3, 0.4) is 0 Å². The number of anilines is 2. The standard InChI is InChI=1S/C15H24FN5O/c1-13(2,3)10-18-11(17)20-12(19-10)21-7-14(5-4-6-14)15(16,8-21)9-22/h22H,4-9H2,1-3H3,(H2,17,18,19,20). The summed E-state index contributed by atoms with van der Waals surface area (Å²) in [5.74, 6) is 1.16. The molecule has 122 valence electrons. The number of nitrogens with zero attached hydrogens (tertiary/aromatic N) is 4. The third kappa shape index (κ3) is 2.22. The van der Waals surface area contributed by atoms with Crippen LogP contribution >= 0.6 is 0 Å². The maximum atomic E-state index is 15.1. The lowest BCUT2D eigenvalue weighted by Crippen LogP contribution is -2.50. The highest BCUT2D eigenvalue weighted by Crippen LogP contribution is 2.55. The minimum Gasteiger partial charge on any atom is -0.393 e. The van der Waals surface area contributed by atoms with Crippen molar-refractivity contribution in [1.29, 1.82) is 0 Å². The van der Waals surface area contributed by atoms with Crippen molar-refractivity contribution in [2.75, 3.05) is 30.3 Å². The molecule has 0 radical (unpaired) electrons. The maximum absolute atomic E-state index is 15.1. The van der Waals surface area contributed by atoms with Gasteiger partial charge in [-0.25, -0.2) is 4.39 Å². The largest absolute Gasteiger partial charge is 0.393 e. The van der Waals surface area contributed by atoms with Gasteiger partial charge in [0.1, 0.15) is 5.82 Å². The van der Waals surface area contributed by atoms with Crippen LogP contribution < -0.4 is 10.6 Å². The van der Waals surface area contributed by atoms with Gasteiger partial charge in [-0.2, -0.15) is 15.0 Å². The molecule has 1 saturated heterocycles. The number of rotatable bonds is 2. The lowest BCUT2D eigenvalue weighted by Gasteiger charge is -2.45. The van der Waals surface area contributed by atoms with Crippen LogP contribution in [0.5, 0.6) is 0 Å². The first-order chi connectivity index (χ1) is 10.2. The van der Waals surface area contributed by atoms with E-state index in [0.29, 0.717) is 18.3 Å². The number of aliphatic hydroxyl groups excluding tert-OH is 1. The lowest BCUT2D eigenvalue weighted by atomic mass is 9.61. The van der Waals surface area contributed by atoms with E-state index in [-0.39, 0.29) is 17.9 Å². The van der Waals surface area contributed by atoms with Gasteiger partial charge in [0.25, 0.3) is 0 Å². The topological polar surface area (TPSA) is 88.2 Å². The maximum Gasteiger partial charge on any atom is 0.230 e. The summed E-state index contributed by atoms with van der Waals surface area (Å²) in [5.41, 5.74) is 3.49. The Morgan fingerprint density at radius 3 is 2.36 bits per heavy atom. The third-order valence-corrected chi connectivity index (χ3v) is 5.04. The Bertz CT molecular complexity index is 572. The van der Waals surface area contributed by atoms with Crippen LogP contribution in [0.25, 0.3) is 0 Å². The number of alkyl halides is 1. The van der Waals surface area contributed by atoms with Gasteiger partial charge < -0.3 is 15.7 Å². The second-order valence-electron chi connectivity index (χ2n) is 7.68. The predicted molar refractivity (Wildman–Crippen MR) is 82.4 cm³/mol. The van der Waals surface area contributed by atoms with Gasteiger partial charge in [-0.3, -0.25) is 0 Å². The van der Waals surface area contributed by atoms with E-state index >= 15 is 4.39 Å². The van der Waals surface area contributed by atoms with Gasteiger partial charge in [-0.1, -0.05) is 27.2 Å². The van der Waals surface area contributed by atoms with Gasteiger partial charge in [0, 0.05) is 17.4 Å². The van der Waals surface area contributed by atoms with Crippen molar-refractivity contribution < 1.29 is 9.50 Å². The fraction of sp³-hybridized carbons (Fsp3) is 0.800. The zero-order valence-corrected chi connectivity index (χ0v) is 13.4. The lowest BCUT2D eigenvalue weighted by molar-refractivity contribution is -0.0588. The fourth-order valence-electron chi connectivity index (χ4n) is 3.46. The number of halogens is 1. The molecule has 1 aromatic heterocycles. The Morgan fingerprint density at radius 1 is 1.23 bits per heavy atom. The van der Waals surface area contributed by atoms with Crippen LogP contribution in [0.2, 0.25) is 0 Å². The molecule has 3 N–H and O–H groups in total. The first-order valence-electron chi connectivity index (χ1n) is 7.76. The van der Waals surface area contributed by atoms with Crippen molar-refractivity contribution in [2.45, 2.75) is 51.1 Å². The van der Waals surface area contributed by atoms with Crippen LogP contribution in [0, 0.1) is 5.41 Å². The molecule has 6 nitrogen and oxygen atoms in total. The van der Waals surface area contributed by atoms with E-state index in [4.69, 9.17) is 5.73 Å². The molecule has 22 heavy (non-hydrogen) atoms. The average molecular weight is 309 g/mol. The van der Waals surface area contributed by atoms with Crippen molar-refractivity contribution in [2.24, 2.45) is 5.41 Å². The second-order valence-corrected chi connectivity index (χ2v) is 7.68. The van der Waals surface area contributed by atoms with Crippen molar-refractivity contribution in [3.05, 3.63) is 5.82 Å². The molecule has 0 bridgehead atoms. The van der Waals surface area contributed by atoms with Gasteiger partial charge in [0.2, 0.25) is 11.9 Å². The van der Waals surface area contributed by atoms with Crippen molar-refractivity contribution in [1.82, 2.24) is 15.0 Å². The van der Waals surface area contributed by atoms with E-state index in [9.17, 15) is 5.11 Å². The first kappa shape index (κ1) is 15.4. The third-order valence-electron chi connectivity index (χ3n) is 5.04. The normalized spacial score (nSPS) is 27.2. The fourth-order valence-corrected chi connectivity index (χ4v) is 3.46. The molecule has 1 spiro atoms. The first-order valence-corrected chi connectivity index (χ1v) is 7.76. The summed E-state index contributed by atoms with van der Waals surface area (Å²) < 4.78 is 15.1. The van der Waals surface area contributed by atoms with E-state index in [2.05, 4.69) is 15.0 Å². The molecule has 0 amide bonds. The van der Waals surface area contributed by atoms with Crippen LogP contribution in [-0.2, 0) is 5.41 Å². The van der Waals surface area contributed by atoms with Crippen LogP contribution in [0.1, 0.15) is 45.9 Å². The number of hydrogen-bond acceptors (Lipinski definition) is 6. The molecule has 0 aromatic carbocycles. The number of aromatic nitrogens is 3. The van der Waals surface area contributed by atoms with Gasteiger partial charge in [0.05, 0.1) is 13.2 Å². The predicted octanol–water partition coefficient (Wildman–Crippen LogP) is 1.44. The molecule has 2 fully saturated rings. The molecule has 2 heterocycles. The molecule has 1 atom stereocenters. The Labute approximate surface area is 130 Å².